The molecule has 1 N–H and O–H groups in total. The zero-order chi connectivity index (χ0) is 12.5. The van der Waals surface area contributed by atoms with E-state index < -0.39 is 0 Å². The lowest BCUT2D eigenvalue weighted by Crippen LogP contribution is -2.44. The first-order valence-corrected chi connectivity index (χ1v) is 7.96. The molecule has 0 aromatic heterocycles. The molecule has 1 aliphatic rings. The Bertz CT molecular complexity index is 215. The molecule has 1 amide bonds. The van der Waals surface area contributed by atoms with Gasteiger partial charge < -0.3 is 10.2 Å². The maximum atomic E-state index is 11.7. The van der Waals surface area contributed by atoms with Crippen LogP contribution in [0.15, 0.2) is 0 Å². The van der Waals surface area contributed by atoms with Gasteiger partial charge in [0.05, 0.1) is 0 Å². The van der Waals surface area contributed by atoms with E-state index in [0.717, 1.165) is 44.1 Å². The van der Waals surface area contributed by atoms with Crippen LogP contribution in [0.3, 0.4) is 0 Å². The topological polar surface area (TPSA) is 32.3 Å². The SMILES string of the molecule is CCCN1CCC(NC(=O)CCCCBr)CC1. The number of piperidine rings is 1. The van der Waals surface area contributed by atoms with E-state index in [1.807, 2.05) is 0 Å². The largest absolute Gasteiger partial charge is 0.353 e. The van der Waals surface area contributed by atoms with Crippen molar-refractivity contribution in [3.63, 3.8) is 0 Å². The van der Waals surface area contributed by atoms with Gasteiger partial charge in [0.1, 0.15) is 0 Å². The molecule has 4 heteroatoms. The zero-order valence-corrected chi connectivity index (χ0v) is 12.5. The molecule has 0 aromatic rings. The highest BCUT2D eigenvalue weighted by Gasteiger charge is 2.19. The van der Waals surface area contributed by atoms with Gasteiger partial charge in [-0.05, 0) is 38.6 Å². The predicted octanol–water partition coefficient (Wildman–Crippen LogP) is 2.54. The van der Waals surface area contributed by atoms with Gasteiger partial charge in [0.15, 0.2) is 0 Å². The van der Waals surface area contributed by atoms with Gasteiger partial charge in [-0.2, -0.15) is 0 Å². The summed E-state index contributed by atoms with van der Waals surface area (Å²) in [6.45, 7) is 5.70. The average molecular weight is 305 g/mol. The van der Waals surface area contributed by atoms with Crippen LogP contribution < -0.4 is 5.32 Å². The lowest BCUT2D eigenvalue weighted by atomic mass is 10.0. The van der Waals surface area contributed by atoms with E-state index in [1.54, 1.807) is 0 Å². The summed E-state index contributed by atoms with van der Waals surface area (Å²) < 4.78 is 0. The van der Waals surface area contributed by atoms with Crippen molar-refractivity contribution in [2.75, 3.05) is 25.0 Å². The summed E-state index contributed by atoms with van der Waals surface area (Å²) in [5, 5.41) is 4.16. The monoisotopic (exact) mass is 304 g/mol. The summed E-state index contributed by atoms with van der Waals surface area (Å²) in [5.74, 6) is 0.236. The highest BCUT2D eigenvalue weighted by Crippen LogP contribution is 2.11. The molecule has 1 fully saturated rings. The molecule has 0 atom stereocenters. The third-order valence-corrected chi connectivity index (χ3v) is 3.84. The van der Waals surface area contributed by atoms with Crippen LogP contribution in [0.25, 0.3) is 0 Å². The first-order chi connectivity index (χ1) is 8.26. The van der Waals surface area contributed by atoms with Gasteiger partial charge in [-0.3, -0.25) is 4.79 Å². The standard InChI is InChI=1S/C13H25BrN2O/c1-2-9-16-10-6-12(7-11-16)15-13(17)5-3-4-8-14/h12H,2-11H2,1H3,(H,15,17). The van der Waals surface area contributed by atoms with Crippen molar-refractivity contribution in [2.24, 2.45) is 0 Å². The molecular weight excluding hydrogens is 280 g/mol. The van der Waals surface area contributed by atoms with Gasteiger partial charge in [-0.15, -0.1) is 0 Å². The van der Waals surface area contributed by atoms with Gasteiger partial charge >= 0.3 is 0 Å². The summed E-state index contributed by atoms with van der Waals surface area (Å²) in [6.07, 6.45) is 6.22. The highest BCUT2D eigenvalue weighted by atomic mass is 79.9. The first-order valence-electron chi connectivity index (χ1n) is 6.84. The lowest BCUT2D eigenvalue weighted by molar-refractivity contribution is -0.122. The number of carbonyl (C=O) groups excluding carboxylic acids is 1. The molecule has 0 saturated carbocycles. The Morgan fingerprint density at radius 2 is 2.06 bits per heavy atom. The van der Waals surface area contributed by atoms with E-state index in [9.17, 15) is 4.79 Å². The molecule has 1 heterocycles. The smallest absolute Gasteiger partial charge is 0.220 e. The fourth-order valence-electron chi connectivity index (χ4n) is 2.30. The molecule has 0 aliphatic carbocycles. The van der Waals surface area contributed by atoms with Crippen LogP contribution >= 0.6 is 15.9 Å². The summed E-state index contributed by atoms with van der Waals surface area (Å²) in [6, 6.07) is 0.416. The Hall–Kier alpha value is -0.0900. The predicted molar refractivity (Wildman–Crippen MR) is 75.5 cm³/mol. The minimum atomic E-state index is 0.236. The fraction of sp³-hybridized carbons (Fsp3) is 0.923. The summed E-state index contributed by atoms with van der Waals surface area (Å²) in [7, 11) is 0. The van der Waals surface area contributed by atoms with Crippen LogP contribution in [0.2, 0.25) is 0 Å². The third-order valence-electron chi connectivity index (χ3n) is 3.28. The van der Waals surface area contributed by atoms with Crippen molar-refractivity contribution < 1.29 is 4.79 Å². The number of hydrogen-bond acceptors (Lipinski definition) is 2. The van der Waals surface area contributed by atoms with Gasteiger partial charge in [-0.25, -0.2) is 0 Å². The molecule has 0 aromatic carbocycles. The molecule has 17 heavy (non-hydrogen) atoms. The number of likely N-dealkylation sites (tertiary alicyclic amines) is 1. The molecule has 0 unspecified atom stereocenters. The molecule has 0 bridgehead atoms. The second kappa shape index (κ2) is 8.92. The molecule has 3 nitrogen and oxygen atoms in total. The maximum Gasteiger partial charge on any atom is 0.220 e. The van der Waals surface area contributed by atoms with Gasteiger partial charge in [0.2, 0.25) is 5.91 Å². The minimum absolute atomic E-state index is 0.236. The minimum Gasteiger partial charge on any atom is -0.353 e. The van der Waals surface area contributed by atoms with Crippen LogP contribution in [-0.2, 0) is 4.79 Å². The number of amides is 1. The van der Waals surface area contributed by atoms with Crippen LogP contribution in [0.1, 0.15) is 45.4 Å². The number of rotatable bonds is 7. The summed E-state index contributed by atoms with van der Waals surface area (Å²) in [5.41, 5.74) is 0. The molecule has 0 radical (unpaired) electrons. The summed E-state index contributed by atoms with van der Waals surface area (Å²) >= 11 is 3.38. The number of nitrogens with one attached hydrogen (secondary N) is 1. The third kappa shape index (κ3) is 6.41. The molecule has 0 spiro atoms. The highest BCUT2D eigenvalue weighted by molar-refractivity contribution is 9.09. The van der Waals surface area contributed by atoms with E-state index in [1.165, 1.54) is 13.0 Å². The van der Waals surface area contributed by atoms with E-state index in [-0.39, 0.29) is 5.91 Å². The molecule has 1 rings (SSSR count). The normalized spacial score (nSPS) is 18.2. The Balaban J connectivity index is 2.10. The van der Waals surface area contributed by atoms with Gasteiger partial charge in [0.25, 0.3) is 0 Å². The molecule has 1 aliphatic heterocycles. The fourth-order valence-corrected chi connectivity index (χ4v) is 2.69. The number of halogens is 1. The first kappa shape index (κ1) is 15.0. The van der Waals surface area contributed by atoms with E-state index >= 15 is 0 Å². The number of alkyl halides is 1. The summed E-state index contributed by atoms with van der Waals surface area (Å²) in [4.78, 5) is 14.1. The maximum absolute atomic E-state index is 11.7. The van der Waals surface area contributed by atoms with Crippen LogP contribution in [0, 0.1) is 0 Å². The second-order valence-corrected chi connectivity index (χ2v) is 5.62. The molecular formula is C13H25BrN2O. The van der Waals surface area contributed by atoms with Crippen molar-refractivity contribution >= 4 is 21.8 Å². The molecule has 1 saturated heterocycles. The van der Waals surface area contributed by atoms with Crippen molar-refractivity contribution in [1.29, 1.82) is 0 Å². The average Bonchev–Trinajstić information content (AvgIpc) is 2.32. The lowest BCUT2D eigenvalue weighted by Gasteiger charge is -2.32. The van der Waals surface area contributed by atoms with Crippen molar-refractivity contribution in [1.82, 2.24) is 10.2 Å². The van der Waals surface area contributed by atoms with Gasteiger partial charge in [0, 0.05) is 30.9 Å². The van der Waals surface area contributed by atoms with Crippen molar-refractivity contribution in [2.45, 2.75) is 51.5 Å². The zero-order valence-electron chi connectivity index (χ0n) is 10.9. The van der Waals surface area contributed by atoms with E-state index in [4.69, 9.17) is 0 Å². The quantitative estimate of drug-likeness (QED) is 0.579. The van der Waals surface area contributed by atoms with Crippen LogP contribution in [0.5, 0.6) is 0 Å². The van der Waals surface area contributed by atoms with Gasteiger partial charge in [-0.1, -0.05) is 22.9 Å². The number of unbranched alkanes of at least 4 members (excludes halogenated alkanes) is 1. The molecule has 100 valence electrons. The van der Waals surface area contributed by atoms with E-state index in [0.29, 0.717) is 12.5 Å². The van der Waals surface area contributed by atoms with Crippen molar-refractivity contribution in [3.8, 4) is 0 Å². The second-order valence-electron chi connectivity index (χ2n) is 4.83. The van der Waals surface area contributed by atoms with E-state index in [2.05, 4.69) is 33.1 Å². The van der Waals surface area contributed by atoms with Crippen LogP contribution in [0.4, 0.5) is 0 Å². The van der Waals surface area contributed by atoms with Crippen LogP contribution in [-0.4, -0.2) is 41.8 Å². The number of nitrogens with zero attached hydrogens (tertiary/aromatic N) is 1. The van der Waals surface area contributed by atoms with Crippen molar-refractivity contribution in [3.05, 3.63) is 0 Å². The Morgan fingerprint density at radius 3 is 2.65 bits per heavy atom. The Kier molecular flexibility index (Phi) is 7.86. The Labute approximate surface area is 113 Å². The number of carbonyl (C=O) groups is 1. The Morgan fingerprint density at radius 1 is 1.35 bits per heavy atom. The number of hydrogen-bond donors (Lipinski definition) is 1.